The first-order chi connectivity index (χ1) is 29.3. The molecule has 60 heavy (non-hydrogen) atoms. The van der Waals surface area contributed by atoms with Crippen LogP contribution >= 0.6 is 0 Å². The van der Waals surface area contributed by atoms with E-state index in [1.165, 1.54) is 13.2 Å². The van der Waals surface area contributed by atoms with Crippen molar-refractivity contribution in [1.29, 1.82) is 0 Å². The average Bonchev–Trinajstić information content (AvgIpc) is 3.89. The minimum atomic E-state index is -0.518. The molecule has 5 heterocycles. The second-order valence-electron chi connectivity index (χ2n) is 16.3. The van der Waals surface area contributed by atoms with E-state index in [-0.39, 0.29) is 49.5 Å². The zero-order valence-electron chi connectivity index (χ0n) is 35.7. The zero-order valence-corrected chi connectivity index (χ0v) is 35.7. The van der Waals surface area contributed by atoms with Crippen molar-refractivity contribution in [2.75, 3.05) is 27.3 Å². The number of rotatable bonds is 21. The molecule has 0 aliphatic carbocycles. The molecule has 0 saturated carbocycles. The number of nitrogens with two attached hydrogens (primary N) is 1. The van der Waals surface area contributed by atoms with Gasteiger partial charge in [0.05, 0.1) is 55.4 Å². The molecule has 334 valence electrons. The highest BCUT2D eigenvalue weighted by atomic mass is 16.6. The standard InChI is InChI=1S/C44H68N6O10/c1-54-37-25-35-18-11-17-34(57-35)24-36(16-8-6-4-3-5-7-14-32-30-50(49-48-32)23-13-21-45)59-43(52)29-40-28-39(27-38(26-37)58-40)60-42(51)20-10-9-15-33-31-56-41(47-33)19-12-22-46-44(53)55-2/h10,12,19-20,30-31,34-40H,3-9,11,13-18,21-29,45H2,1-2H3,(H,46,53)/b19-12-,20-10-/t34-,35?,36-,37+,38?,39+,40-/m0/s1. The Hall–Kier alpha value is -4.12. The second-order valence-corrected chi connectivity index (χ2v) is 16.3. The number of hydrogen-bond donors (Lipinski definition) is 2. The number of amides is 1. The summed E-state index contributed by atoms with van der Waals surface area (Å²) in [5.74, 6) is -0.308. The smallest absolute Gasteiger partial charge is 0.407 e. The molecule has 4 bridgehead atoms. The van der Waals surface area contributed by atoms with Crippen LogP contribution in [0.3, 0.4) is 0 Å². The number of carbonyl (C=O) groups is 3. The maximum Gasteiger partial charge on any atom is 0.407 e. The van der Waals surface area contributed by atoms with Gasteiger partial charge in [-0.1, -0.05) is 43.0 Å². The van der Waals surface area contributed by atoms with Gasteiger partial charge in [-0.15, -0.1) is 5.10 Å². The predicted octanol–water partition coefficient (Wildman–Crippen LogP) is 6.34. The summed E-state index contributed by atoms with van der Waals surface area (Å²) >= 11 is 0. The van der Waals surface area contributed by atoms with Crippen molar-refractivity contribution in [3.05, 3.63) is 48.0 Å². The molecule has 3 aliphatic rings. The number of cyclic esters (lactones) is 1. The summed E-state index contributed by atoms with van der Waals surface area (Å²) in [6, 6.07) is 0. The molecule has 0 radical (unpaired) electrons. The van der Waals surface area contributed by atoms with Gasteiger partial charge in [0.25, 0.3) is 0 Å². The number of ether oxygens (including phenoxy) is 6. The van der Waals surface area contributed by atoms with Crippen LogP contribution in [0.25, 0.3) is 6.08 Å². The molecule has 16 nitrogen and oxygen atoms in total. The van der Waals surface area contributed by atoms with Crippen molar-refractivity contribution < 1.29 is 47.2 Å². The fourth-order valence-electron chi connectivity index (χ4n) is 8.29. The summed E-state index contributed by atoms with van der Waals surface area (Å²) in [6.07, 6.45) is 24.8. The highest BCUT2D eigenvalue weighted by molar-refractivity contribution is 5.82. The van der Waals surface area contributed by atoms with E-state index in [9.17, 15) is 14.4 Å². The van der Waals surface area contributed by atoms with E-state index >= 15 is 0 Å². The van der Waals surface area contributed by atoms with Crippen molar-refractivity contribution in [3.63, 3.8) is 0 Å². The van der Waals surface area contributed by atoms with Gasteiger partial charge in [-0.25, -0.2) is 14.6 Å². The fraction of sp³-hybridized carbons (Fsp3) is 0.727. The second kappa shape index (κ2) is 26.3. The molecule has 2 aromatic heterocycles. The van der Waals surface area contributed by atoms with Crippen LogP contribution in [-0.4, -0.2) is 108 Å². The largest absolute Gasteiger partial charge is 0.462 e. The number of esters is 2. The Kier molecular flexibility index (Phi) is 20.5. The highest BCUT2D eigenvalue weighted by Gasteiger charge is 2.37. The first-order valence-electron chi connectivity index (χ1n) is 22.2. The van der Waals surface area contributed by atoms with Gasteiger partial charge in [-0.3, -0.25) is 9.48 Å². The molecule has 7 atom stereocenters. The fourth-order valence-corrected chi connectivity index (χ4v) is 8.29. The van der Waals surface area contributed by atoms with Crippen LogP contribution in [0.5, 0.6) is 0 Å². The molecular weight excluding hydrogens is 773 g/mol. The molecule has 0 aromatic carbocycles. The van der Waals surface area contributed by atoms with Crippen molar-refractivity contribution in [2.45, 2.75) is 178 Å². The van der Waals surface area contributed by atoms with Crippen LogP contribution in [0.2, 0.25) is 0 Å². The van der Waals surface area contributed by atoms with Crippen molar-refractivity contribution >= 4 is 24.1 Å². The Bertz CT molecular complexity index is 1630. The summed E-state index contributed by atoms with van der Waals surface area (Å²) in [4.78, 5) is 42.1. The molecule has 5 rings (SSSR count). The number of aryl methyl sites for hydroxylation is 3. The molecular formula is C44H68N6O10. The quantitative estimate of drug-likeness (QED) is 0.0610. The van der Waals surface area contributed by atoms with Crippen molar-refractivity contribution in [3.8, 4) is 0 Å². The maximum atomic E-state index is 13.5. The third-order valence-corrected chi connectivity index (χ3v) is 11.3. The van der Waals surface area contributed by atoms with Gasteiger partial charge in [0.2, 0.25) is 5.89 Å². The van der Waals surface area contributed by atoms with Gasteiger partial charge in [-0.05, 0) is 89.7 Å². The first-order valence-corrected chi connectivity index (χ1v) is 22.2. The Morgan fingerprint density at radius 2 is 1.65 bits per heavy atom. The lowest BCUT2D eigenvalue weighted by atomic mass is 9.91. The number of hydrogen-bond acceptors (Lipinski definition) is 14. The SMILES string of the molecule is COC(=O)NC/C=C\c1nc(CC/C=C\C(=O)O[C@@H]2CC3C[C@H](OC)CC4CCC[C@@H](C[C@H](CCCCCCCCc5cn(CCCN)nn5)OC(=O)C[C@H](C2)O3)O4)co1. The van der Waals surface area contributed by atoms with E-state index in [1.54, 1.807) is 31.6 Å². The number of methoxy groups -OCH3 is 2. The van der Waals surface area contributed by atoms with Gasteiger partial charge in [-0.2, -0.15) is 0 Å². The monoisotopic (exact) mass is 840 g/mol. The number of aromatic nitrogens is 4. The molecule has 2 unspecified atom stereocenters. The molecule has 16 heteroatoms. The summed E-state index contributed by atoms with van der Waals surface area (Å²) in [7, 11) is 3.03. The van der Waals surface area contributed by atoms with E-state index in [1.807, 2.05) is 10.9 Å². The third-order valence-electron chi connectivity index (χ3n) is 11.3. The van der Waals surface area contributed by atoms with Gasteiger partial charge < -0.3 is 43.9 Å². The van der Waals surface area contributed by atoms with E-state index in [0.717, 1.165) is 101 Å². The summed E-state index contributed by atoms with van der Waals surface area (Å²) in [5.41, 5.74) is 7.38. The molecule has 1 amide bonds. The lowest BCUT2D eigenvalue weighted by molar-refractivity contribution is -0.171. The molecule has 3 N–H and O–H groups in total. The van der Waals surface area contributed by atoms with Crippen LogP contribution in [-0.2, 0) is 57.4 Å². The van der Waals surface area contributed by atoms with Gasteiger partial charge in [0.1, 0.15) is 18.5 Å². The molecule has 0 spiro atoms. The van der Waals surface area contributed by atoms with Crippen LogP contribution in [0, 0.1) is 0 Å². The highest BCUT2D eigenvalue weighted by Crippen LogP contribution is 2.33. The number of alkyl carbamates (subject to hydrolysis) is 1. The first kappa shape index (κ1) is 46.9. The van der Waals surface area contributed by atoms with Crippen LogP contribution < -0.4 is 11.1 Å². The number of unbranched alkanes of at least 4 members (excludes halogenated alkanes) is 5. The Morgan fingerprint density at radius 3 is 2.47 bits per heavy atom. The zero-order chi connectivity index (χ0) is 42.4. The van der Waals surface area contributed by atoms with Crippen LogP contribution in [0.1, 0.15) is 133 Å². The van der Waals surface area contributed by atoms with E-state index in [4.69, 9.17) is 33.8 Å². The van der Waals surface area contributed by atoms with Crippen LogP contribution in [0.4, 0.5) is 4.79 Å². The van der Waals surface area contributed by atoms with E-state index < -0.39 is 24.3 Å². The number of allylic oxidation sites excluding steroid dienone is 1. The van der Waals surface area contributed by atoms with E-state index in [2.05, 4.69) is 25.3 Å². The number of nitrogens with one attached hydrogen (secondary N) is 1. The Balaban J connectivity index is 1.07. The Morgan fingerprint density at radius 1 is 0.900 bits per heavy atom. The normalized spacial score (nSPS) is 25.2. The van der Waals surface area contributed by atoms with Crippen LogP contribution in [0.15, 0.2) is 35.1 Å². The predicted molar refractivity (Wildman–Crippen MR) is 223 cm³/mol. The van der Waals surface area contributed by atoms with Crippen molar-refractivity contribution in [2.24, 2.45) is 5.73 Å². The average molecular weight is 841 g/mol. The number of oxazole rings is 1. The van der Waals surface area contributed by atoms with Crippen molar-refractivity contribution in [1.82, 2.24) is 25.3 Å². The summed E-state index contributed by atoms with van der Waals surface area (Å²) in [5, 5.41) is 11.0. The lowest BCUT2D eigenvalue weighted by Gasteiger charge is -2.38. The molecule has 3 saturated heterocycles. The topological polar surface area (TPSA) is 201 Å². The lowest BCUT2D eigenvalue weighted by Crippen LogP contribution is -2.42. The Labute approximate surface area is 354 Å². The van der Waals surface area contributed by atoms with E-state index in [0.29, 0.717) is 51.0 Å². The number of fused-ring (bicyclic) bond motifs is 4. The molecule has 2 aromatic rings. The minimum Gasteiger partial charge on any atom is -0.462 e. The molecule has 3 fully saturated rings. The summed E-state index contributed by atoms with van der Waals surface area (Å²) < 4.78 is 43.1. The minimum absolute atomic E-state index is 0.0570. The maximum absolute atomic E-state index is 13.5. The summed E-state index contributed by atoms with van der Waals surface area (Å²) in [6.45, 7) is 1.74. The third kappa shape index (κ3) is 17.5. The number of nitrogens with zero attached hydrogens (tertiary/aromatic N) is 4. The van der Waals surface area contributed by atoms with Gasteiger partial charge >= 0.3 is 18.0 Å². The van der Waals surface area contributed by atoms with Gasteiger partial charge in [0.15, 0.2) is 0 Å². The number of carbonyl (C=O) groups excluding carboxylic acids is 3. The molecule has 3 aliphatic heterocycles. The van der Waals surface area contributed by atoms with Gasteiger partial charge in [0, 0.05) is 51.7 Å².